The number of anilines is 1. The van der Waals surface area contributed by atoms with Crippen LogP contribution in [-0.4, -0.2) is 29.8 Å². The van der Waals surface area contributed by atoms with Gasteiger partial charge in [0.05, 0.1) is 18.4 Å². The third-order valence-corrected chi connectivity index (χ3v) is 3.49. The fraction of sp³-hybridized carbons (Fsp3) is 0.333. The van der Waals surface area contributed by atoms with Crippen molar-refractivity contribution in [3.05, 3.63) is 41.2 Å². The lowest BCUT2D eigenvalue weighted by Gasteiger charge is -2.18. The number of ether oxygens (including phenoxy) is 1. The maximum atomic E-state index is 12.6. The highest BCUT2D eigenvalue weighted by Crippen LogP contribution is 2.22. The zero-order valence-electron chi connectivity index (χ0n) is 12.5. The highest BCUT2D eigenvalue weighted by Gasteiger charge is 2.21. The lowest BCUT2D eigenvalue weighted by molar-refractivity contribution is 0.0991. The molecule has 0 radical (unpaired) electrons. The third kappa shape index (κ3) is 2.39. The van der Waals surface area contributed by atoms with Gasteiger partial charge in [0.25, 0.3) is 5.91 Å². The highest BCUT2D eigenvalue weighted by molar-refractivity contribution is 6.07. The first-order chi connectivity index (χ1) is 9.45. The van der Waals surface area contributed by atoms with Gasteiger partial charge in [-0.15, -0.1) is 0 Å². The third-order valence-electron chi connectivity index (χ3n) is 3.49. The molecule has 0 aliphatic heterocycles. The molecule has 0 aliphatic carbocycles. The molecule has 0 unspecified atom stereocenters. The lowest BCUT2D eigenvalue weighted by atomic mass is 10.1. The van der Waals surface area contributed by atoms with Gasteiger partial charge in [-0.1, -0.05) is 0 Å². The van der Waals surface area contributed by atoms with Crippen LogP contribution in [0.15, 0.2) is 24.3 Å². The Hall–Kier alpha value is -2.30. The molecule has 0 bridgehead atoms. The fourth-order valence-corrected chi connectivity index (χ4v) is 2.17. The largest absolute Gasteiger partial charge is 0.497 e. The first-order valence-electron chi connectivity index (χ1n) is 6.38. The van der Waals surface area contributed by atoms with E-state index in [4.69, 9.17) is 4.74 Å². The van der Waals surface area contributed by atoms with E-state index >= 15 is 0 Å². The van der Waals surface area contributed by atoms with Gasteiger partial charge in [0.2, 0.25) is 0 Å². The zero-order chi connectivity index (χ0) is 14.9. The number of benzene rings is 1. The molecule has 0 saturated heterocycles. The van der Waals surface area contributed by atoms with E-state index in [1.54, 1.807) is 23.7 Å². The van der Waals surface area contributed by atoms with E-state index in [2.05, 4.69) is 5.10 Å². The standard InChI is InChI=1S/C15H19N3O2/c1-10-14(11(2)18(4)16-10)15(19)17(3)12-6-8-13(20-5)9-7-12/h6-9H,1-5H3. The predicted molar refractivity (Wildman–Crippen MR) is 78.4 cm³/mol. The minimum absolute atomic E-state index is 0.0572. The van der Waals surface area contributed by atoms with E-state index < -0.39 is 0 Å². The van der Waals surface area contributed by atoms with Crippen molar-refractivity contribution in [2.75, 3.05) is 19.1 Å². The van der Waals surface area contributed by atoms with Gasteiger partial charge < -0.3 is 9.64 Å². The van der Waals surface area contributed by atoms with Gasteiger partial charge in [0.15, 0.2) is 0 Å². The van der Waals surface area contributed by atoms with E-state index in [-0.39, 0.29) is 5.91 Å². The number of rotatable bonds is 3. The second-order valence-corrected chi connectivity index (χ2v) is 4.73. The summed E-state index contributed by atoms with van der Waals surface area (Å²) in [5.74, 6) is 0.710. The van der Waals surface area contributed by atoms with Crippen LogP contribution in [0.25, 0.3) is 0 Å². The predicted octanol–water partition coefficient (Wildman–Crippen LogP) is 2.32. The summed E-state index contributed by atoms with van der Waals surface area (Å²) in [6.45, 7) is 3.75. The Bertz CT molecular complexity index is 629. The molecule has 1 aromatic heterocycles. The monoisotopic (exact) mass is 273 g/mol. The van der Waals surface area contributed by atoms with Crippen LogP contribution < -0.4 is 9.64 Å². The summed E-state index contributed by atoms with van der Waals surface area (Å²) >= 11 is 0. The number of methoxy groups -OCH3 is 1. The second kappa shape index (κ2) is 5.36. The average molecular weight is 273 g/mol. The Morgan fingerprint density at radius 1 is 1.25 bits per heavy atom. The number of carbonyl (C=O) groups excluding carboxylic acids is 1. The van der Waals surface area contributed by atoms with Crippen LogP contribution >= 0.6 is 0 Å². The van der Waals surface area contributed by atoms with Gasteiger partial charge in [0.1, 0.15) is 5.75 Å². The maximum Gasteiger partial charge on any atom is 0.261 e. The van der Waals surface area contributed by atoms with Crippen molar-refractivity contribution >= 4 is 11.6 Å². The SMILES string of the molecule is COc1ccc(N(C)C(=O)c2c(C)nn(C)c2C)cc1. The van der Waals surface area contributed by atoms with E-state index in [1.807, 2.05) is 45.2 Å². The molecule has 5 nitrogen and oxygen atoms in total. The average Bonchev–Trinajstić information content (AvgIpc) is 2.71. The molecular formula is C15H19N3O2. The minimum atomic E-state index is -0.0572. The molecule has 20 heavy (non-hydrogen) atoms. The molecule has 1 heterocycles. The maximum absolute atomic E-state index is 12.6. The molecule has 2 rings (SSSR count). The van der Waals surface area contributed by atoms with E-state index in [0.29, 0.717) is 5.56 Å². The van der Waals surface area contributed by atoms with Crippen molar-refractivity contribution in [3.8, 4) is 5.75 Å². The summed E-state index contributed by atoms with van der Waals surface area (Å²) in [6.07, 6.45) is 0. The molecule has 106 valence electrons. The number of aromatic nitrogens is 2. The number of aryl methyl sites for hydroxylation is 2. The molecule has 0 fully saturated rings. The van der Waals surface area contributed by atoms with Crippen LogP contribution in [0.5, 0.6) is 5.75 Å². The zero-order valence-corrected chi connectivity index (χ0v) is 12.5. The van der Waals surface area contributed by atoms with Crippen molar-refractivity contribution in [2.45, 2.75) is 13.8 Å². The molecule has 0 spiro atoms. The molecule has 0 aliphatic rings. The van der Waals surface area contributed by atoms with Crippen LogP contribution in [0.4, 0.5) is 5.69 Å². The van der Waals surface area contributed by atoms with E-state index in [9.17, 15) is 4.79 Å². The van der Waals surface area contributed by atoms with Crippen molar-refractivity contribution < 1.29 is 9.53 Å². The Labute approximate surface area is 118 Å². The van der Waals surface area contributed by atoms with Gasteiger partial charge in [-0.2, -0.15) is 5.10 Å². The van der Waals surface area contributed by atoms with E-state index in [1.165, 1.54) is 0 Å². The first-order valence-corrected chi connectivity index (χ1v) is 6.38. The number of hydrogen-bond donors (Lipinski definition) is 0. The Morgan fingerprint density at radius 2 is 1.85 bits per heavy atom. The second-order valence-electron chi connectivity index (χ2n) is 4.73. The summed E-state index contributed by atoms with van der Waals surface area (Å²) in [7, 11) is 5.22. The molecule has 1 aromatic carbocycles. The van der Waals surface area contributed by atoms with Crippen LogP contribution in [-0.2, 0) is 7.05 Å². The Balaban J connectivity index is 2.32. The number of hydrogen-bond acceptors (Lipinski definition) is 3. The number of carbonyl (C=O) groups is 1. The van der Waals surface area contributed by atoms with Crippen LogP contribution in [0.2, 0.25) is 0 Å². The summed E-state index contributed by atoms with van der Waals surface area (Å²) in [6, 6.07) is 7.39. The first kappa shape index (κ1) is 14.1. The molecule has 0 N–H and O–H groups in total. The summed E-state index contributed by atoms with van der Waals surface area (Å²) in [5, 5.41) is 4.28. The molecule has 2 aromatic rings. The van der Waals surface area contributed by atoms with Gasteiger partial charge in [-0.05, 0) is 38.1 Å². The van der Waals surface area contributed by atoms with Crippen molar-refractivity contribution in [1.29, 1.82) is 0 Å². The minimum Gasteiger partial charge on any atom is -0.497 e. The molecule has 1 amide bonds. The van der Waals surface area contributed by atoms with Gasteiger partial charge in [-0.3, -0.25) is 9.48 Å². The molecule has 0 saturated carbocycles. The smallest absolute Gasteiger partial charge is 0.261 e. The van der Waals surface area contributed by atoms with Crippen molar-refractivity contribution in [2.24, 2.45) is 7.05 Å². The summed E-state index contributed by atoms with van der Waals surface area (Å²) < 4.78 is 6.85. The van der Waals surface area contributed by atoms with Gasteiger partial charge in [-0.25, -0.2) is 0 Å². The number of amides is 1. The topological polar surface area (TPSA) is 47.4 Å². The van der Waals surface area contributed by atoms with Crippen LogP contribution in [0.1, 0.15) is 21.7 Å². The van der Waals surface area contributed by atoms with Crippen LogP contribution in [0.3, 0.4) is 0 Å². The fourth-order valence-electron chi connectivity index (χ4n) is 2.17. The number of nitrogens with zero attached hydrogens (tertiary/aromatic N) is 3. The Morgan fingerprint density at radius 3 is 2.30 bits per heavy atom. The van der Waals surface area contributed by atoms with Crippen molar-refractivity contribution in [3.63, 3.8) is 0 Å². The lowest BCUT2D eigenvalue weighted by Crippen LogP contribution is -2.27. The normalized spacial score (nSPS) is 10.4. The van der Waals surface area contributed by atoms with Crippen LogP contribution in [0, 0.1) is 13.8 Å². The van der Waals surface area contributed by atoms with Gasteiger partial charge >= 0.3 is 0 Å². The van der Waals surface area contributed by atoms with E-state index in [0.717, 1.165) is 22.8 Å². The molecule has 5 heteroatoms. The van der Waals surface area contributed by atoms with Crippen molar-refractivity contribution in [1.82, 2.24) is 9.78 Å². The van der Waals surface area contributed by atoms with Gasteiger partial charge in [0, 0.05) is 25.5 Å². The quantitative estimate of drug-likeness (QED) is 0.862. The molecule has 0 atom stereocenters. The highest BCUT2D eigenvalue weighted by atomic mass is 16.5. The Kier molecular flexibility index (Phi) is 3.79. The summed E-state index contributed by atoms with van der Waals surface area (Å²) in [5.41, 5.74) is 3.09. The summed E-state index contributed by atoms with van der Waals surface area (Å²) in [4.78, 5) is 14.2. The molecular weight excluding hydrogens is 254 g/mol.